The first-order valence-electron chi connectivity index (χ1n) is 10.2. The molecule has 0 saturated heterocycles. The predicted molar refractivity (Wildman–Crippen MR) is 119 cm³/mol. The highest BCUT2D eigenvalue weighted by atomic mass is 14.6. The van der Waals surface area contributed by atoms with Crippen molar-refractivity contribution in [3.8, 4) is 0 Å². The van der Waals surface area contributed by atoms with E-state index in [4.69, 9.17) is 11.5 Å². The highest BCUT2D eigenvalue weighted by Crippen LogP contribution is 2.30. The molecule has 2 rings (SSSR count). The number of nitrogens with two attached hydrogens (primary N) is 2. The molecule has 0 aliphatic carbocycles. The average molecular weight is 367 g/mol. The van der Waals surface area contributed by atoms with Gasteiger partial charge in [0.25, 0.3) is 0 Å². The van der Waals surface area contributed by atoms with E-state index in [0.717, 1.165) is 19.3 Å². The van der Waals surface area contributed by atoms with Gasteiger partial charge in [0.15, 0.2) is 0 Å². The minimum absolute atomic E-state index is 0.179. The van der Waals surface area contributed by atoms with Crippen molar-refractivity contribution in [2.45, 2.75) is 86.7 Å². The summed E-state index contributed by atoms with van der Waals surface area (Å²) in [7, 11) is 0. The van der Waals surface area contributed by atoms with Gasteiger partial charge >= 0.3 is 0 Å². The Kier molecular flexibility index (Phi) is 6.88. The number of aryl methyl sites for hydroxylation is 4. The van der Waals surface area contributed by atoms with E-state index < -0.39 is 0 Å². The van der Waals surface area contributed by atoms with Crippen molar-refractivity contribution in [2.24, 2.45) is 11.5 Å². The number of rotatable bonds is 6. The first kappa shape index (κ1) is 21.7. The Bertz CT molecular complexity index is 760. The topological polar surface area (TPSA) is 52.0 Å². The van der Waals surface area contributed by atoms with Gasteiger partial charge in [-0.25, -0.2) is 0 Å². The predicted octanol–water partition coefficient (Wildman–Crippen LogP) is 4.91. The molecule has 4 N–H and O–H groups in total. The van der Waals surface area contributed by atoms with Crippen molar-refractivity contribution in [3.05, 3.63) is 67.8 Å². The highest BCUT2D eigenvalue weighted by molar-refractivity contribution is 5.51. The molecule has 2 atom stereocenters. The lowest BCUT2D eigenvalue weighted by molar-refractivity contribution is 0.728. The second kappa shape index (κ2) is 8.58. The van der Waals surface area contributed by atoms with E-state index in [1.165, 1.54) is 55.6 Å². The third-order valence-corrected chi connectivity index (χ3v) is 5.99. The summed E-state index contributed by atoms with van der Waals surface area (Å²) in [5.41, 5.74) is 26.3. The molecular formula is C25H38N2. The number of benzene rings is 2. The Labute approximate surface area is 166 Å². The minimum atomic E-state index is 0.179. The van der Waals surface area contributed by atoms with Crippen molar-refractivity contribution >= 4 is 0 Å². The van der Waals surface area contributed by atoms with Crippen molar-refractivity contribution < 1.29 is 0 Å². The Hall–Kier alpha value is -1.64. The third-order valence-electron chi connectivity index (χ3n) is 5.99. The quantitative estimate of drug-likeness (QED) is 0.763. The van der Waals surface area contributed by atoms with Crippen LogP contribution in [0.5, 0.6) is 0 Å². The largest absolute Gasteiger partial charge is 0.328 e. The molecule has 2 aromatic rings. The maximum Gasteiger partial charge on any atom is 0.00511 e. The van der Waals surface area contributed by atoms with E-state index in [-0.39, 0.29) is 12.1 Å². The van der Waals surface area contributed by atoms with Gasteiger partial charge in [-0.3, -0.25) is 0 Å². The summed E-state index contributed by atoms with van der Waals surface area (Å²) in [4.78, 5) is 0. The third kappa shape index (κ3) is 4.80. The molecular weight excluding hydrogens is 328 g/mol. The highest BCUT2D eigenvalue weighted by Gasteiger charge is 2.17. The lowest BCUT2D eigenvalue weighted by Gasteiger charge is -2.22. The van der Waals surface area contributed by atoms with Crippen LogP contribution in [0, 0.1) is 41.5 Å². The van der Waals surface area contributed by atoms with Crippen LogP contribution in [-0.4, -0.2) is 12.1 Å². The molecule has 2 unspecified atom stereocenters. The molecule has 0 fully saturated rings. The zero-order chi connectivity index (χ0) is 20.5. The smallest absolute Gasteiger partial charge is 0.00511 e. The maximum atomic E-state index is 6.12. The fourth-order valence-corrected chi connectivity index (χ4v) is 4.54. The van der Waals surface area contributed by atoms with E-state index in [1.807, 2.05) is 0 Å². The summed E-state index contributed by atoms with van der Waals surface area (Å²) in [5, 5.41) is 0. The molecule has 2 nitrogen and oxygen atoms in total. The van der Waals surface area contributed by atoms with Crippen LogP contribution >= 0.6 is 0 Å². The van der Waals surface area contributed by atoms with Crippen LogP contribution in [0.1, 0.15) is 69.5 Å². The van der Waals surface area contributed by atoms with Crippen LogP contribution in [0.15, 0.2) is 12.1 Å². The van der Waals surface area contributed by atoms with Crippen LogP contribution in [0.3, 0.4) is 0 Å². The van der Waals surface area contributed by atoms with Crippen molar-refractivity contribution in [2.75, 3.05) is 0 Å². The van der Waals surface area contributed by atoms with Gasteiger partial charge in [0.05, 0.1) is 0 Å². The summed E-state index contributed by atoms with van der Waals surface area (Å²) < 4.78 is 0. The fraction of sp³-hybridized carbons (Fsp3) is 0.520. The molecule has 0 aliphatic heterocycles. The van der Waals surface area contributed by atoms with E-state index >= 15 is 0 Å². The average Bonchev–Trinajstić information content (AvgIpc) is 2.54. The maximum absolute atomic E-state index is 6.12. The molecule has 0 aromatic heterocycles. The lowest BCUT2D eigenvalue weighted by Crippen LogP contribution is -2.20. The first-order valence-corrected chi connectivity index (χ1v) is 10.2. The van der Waals surface area contributed by atoms with Gasteiger partial charge in [0, 0.05) is 12.1 Å². The Morgan fingerprint density at radius 3 is 1.19 bits per heavy atom. The van der Waals surface area contributed by atoms with Crippen LogP contribution in [0.25, 0.3) is 0 Å². The van der Waals surface area contributed by atoms with Gasteiger partial charge in [-0.1, -0.05) is 12.1 Å². The number of hydrogen-bond acceptors (Lipinski definition) is 2. The molecule has 0 amide bonds. The van der Waals surface area contributed by atoms with Crippen LogP contribution in [0.2, 0.25) is 0 Å². The molecule has 148 valence electrons. The molecule has 2 heteroatoms. The van der Waals surface area contributed by atoms with Gasteiger partial charge in [-0.2, -0.15) is 0 Å². The van der Waals surface area contributed by atoms with Gasteiger partial charge in [0.1, 0.15) is 0 Å². The van der Waals surface area contributed by atoms with E-state index in [0.29, 0.717) is 0 Å². The SMILES string of the molecule is Cc1cc(C)c(CC(C)N)c(C)c1Cc1c(C)cc(C)c(CC(C)N)c1C. The molecule has 2 aromatic carbocycles. The molecule has 27 heavy (non-hydrogen) atoms. The lowest BCUT2D eigenvalue weighted by atomic mass is 9.83. The second-order valence-corrected chi connectivity index (χ2v) is 8.72. The standard InChI is InChI=1S/C25H38N2/c1-14-9-16(3)24(20(7)22(14)11-18(5)26)13-25-17(4)10-15(2)23(21(25)8)12-19(6)27/h9-10,18-19H,11-13,26-27H2,1-8H3. The zero-order valence-corrected chi connectivity index (χ0v) is 18.6. The molecule has 0 aliphatic rings. The van der Waals surface area contributed by atoms with Crippen LogP contribution < -0.4 is 11.5 Å². The van der Waals surface area contributed by atoms with E-state index in [1.54, 1.807) is 0 Å². The Balaban J connectivity index is 2.57. The van der Waals surface area contributed by atoms with E-state index in [9.17, 15) is 0 Å². The summed E-state index contributed by atoms with van der Waals surface area (Å²) in [6.45, 7) is 17.6. The van der Waals surface area contributed by atoms with Crippen LogP contribution in [0.4, 0.5) is 0 Å². The summed E-state index contributed by atoms with van der Waals surface area (Å²) in [5.74, 6) is 0. The summed E-state index contributed by atoms with van der Waals surface area (Å²) in [6, 6.07) is 5.03. The zero-order valence-electron chi connectivity index (χ0n) is 18.6. The molecule has 0 radical (unpaired) electrons. The van der Waals surface area contributed by atoms with Crippen molar-refractivity contribution in [3.63, 3.8) is 0 Å². The summed E-state index contributed by atoms with van der Waals surface area (Å²) in [6.07, 6.45) is 2.85. The molecule has 0 saturated carbocycles. The minimum Gasteiger partial charge on any atom is -0.328 e. The normalized spacial score (nSPS) is 13.7. The van der Waals surface area contributed by atoms with Gasteiger partial charge in [-0.05, 0) is 130 Å². The monoisotopic (exact) mass is 366 g/mol. The number of hydrogen-bond donors (Lipinski definition) is 2. The van der Waals surface area contributed by atoms with Gasteiger partial charge in [-0.15, -0.1) is 0 Å². The van der Waals surface area contributed by atoms with Crippen LogP contribution in [-0.2, 0) is 19.3 Å². The van der Waals surface area contributed by atoms with Crippen molar-refractivity contribution in [1.29, 1.82) is 0 Å². The van der Waals surface area contributed by atoms with Crippen molar-refractivity contribution in [1.82, 2.24) is 0 Å². The fourth-order valence-electron chi connectivity index (χ4n) is 4.54. The first-order chi connectivity index (χ1) is 12.5. The van der Waals surface area contributed by atoms with E-state index in [2.05, 4.69) is 67.5 Å². The van der Waals surface area contributed by atoms with Gasteiger partial charge < -0.3 is 11.5 Å². The second-order valence-electron chi connectivity index (χ2n) is 8.72. The molecule has 0 bridgehead atoms. The van der Waals surface area contributed by atoms with Gasteiger partial charge in [0.2, 0.25) is 0 Å². The molecule has 0 heterocycles. The molecule has 0 spiro atoms. The summed E-state index contributed by atoms with van der Waals surface area (Å²) >= 11 is 0. The Morgan fingerprint density at radius 2 is 0.889 bits per heavy atom. The Morgan fingerprint density at radius 1 is 0.593 bits per heavy atom.